The molecule has 6 rings (SSSR count). The van der Waals surface area contributed by atoms with Gasteiger partial charge in [0.15, 0.2) is 23.0 Å². The quantitative estimate of drug-likeness (QED) is 0.106. The van der Waals surface area contributed by atoms with Gasteiger partial charge in [0.1, 0.15) is 12.4 Å². The van der Waals surface area contributed by atoms with Crippen LogP contribution in [0.3, 0.4) is 0 Å². The second-order valence-electron chi connectivity index (χ2n) is 13.1. The van der Waals surface area contributed by atoms with Crippen LogP contribution < -0.4 is 23.7 Å². The van der Waals surface area contributed by atoms with E-state index in [4.69, 9.17) is 28.4 Å². The maximum Gasteiger partial charge on any atom is 0.337 e. The van der Waals surface area contributed by atoms with E-state index in [-0.39, 0.29) is 18.2 Å². The van der Waals surface area contributed by atoms with Crippen molar-refractivity contribution in [3.63, 3.8) is 0 Å². The molecular formula is C44H47NO7. The summed E-state index contributed by atoms with van der Waals surface area (Å²) in [6.07, 6.45) is 1.48. The first-order valence-corrected chi connectivity index (χ1v) is 17.7. The number of benzene rings is 5. The molecule has 2 atom stereocenters. The van der Waals surface area contributed by atoms with E-state index in [2.05, 4.69) is 72.5 Å². The molecule has 0 unspecified atom stereocenters. The first kappa shape index (κ1) is 36.3. The van der Waals surface area contributed by atoms with Crippen LogP contribution >= 0.6 is 0 Å². The fourth-order valence-electron chi connectivity index (χ4n) is 6.90. The Bertz CT molecular complexity index is 1940. The molecule has 5 aromatic rings. The van der Waals surface area contributed by atoms with Crippen molar-refractivity contribution in [1.82, 2.24) is 4.90 Å². The largest absolute Gasteiger partial charge is 0.492 e. The minimum atomic E-state index is -0.444. The summed E-state index contributed by atoms with van der Waals surface area (Å²) in [4.78, 5) is 14.8. The van der Waals surface area contributed by atoms with Crippen LogP contribution in [0, 0.1) is 0 Å². The fraction of sp³-hybridized carbons (Fsp3) is 0.295. The number of esters is 1. The van der Waals surface area contributed by atoms with Crippen LogP contribution in [-0.2, 0) is 24.2 Å². The van der Waals surface area contributed by atoms with Crippen molar-refractivity contribution < 1.29 is 33.2 Å². The highest BCUT2D eigenvalue weighted by Crippen LogP contribution is 2.50. The number of hydrogen-bond acceptors (Lipinski definition) is 8. The van der Waals surface area contributed by atoms with E-state index < -0.39 is 5.97 Å². The first-order chi connectivity index (χ1) is 25.3. The van der Waals surface area contributed by atoms with E-state index in [0.29, 0.717) is 53.1 Å². The lowest BCUT2D eigenvalue weighted by molar-refractivity contribution is 0.0600. The van der Waals surface area contributed by atoms with Gasteiger partial charge in [-0.1, -0.05) is 72.8 Å². The zero-order valence-corrected chi connectivity index (χ0v) is 30.8. The zero-order chi connectivity index (χ0) is 36.6. The van der Waals surface area contributed by atoms with Gasteiger partial charge in [0, 0.05) is 24.2 Å². The number of rotatable bonds is 14. The van der Waals surface area contributed by atoms with E-state index in [9.17, 15) is 4.79 Å². The summed E-state index contributed by atoms with van der Waals surface area (Å²) in [6.45, 7) is 7.44. The van der Waals surface area contributed by atoms with Crippen LogP contribution in [0.2, 0.25) is 0 Å². The summed E-state index contributed by atoms with van der Waals surface area (Å²) < 4.78 is 35.8. The van der Waals surface area contributed by atoms with Crippen molar-refractivity contribution in [2.75, 3.05) is 27.9 Å². The van der Waals surface area contributed by atoms with Gasteiger partial charge in [-0.3, -0.25) is 4.90 Å². The lowest BCUT2D eigenvalue weighted by atomic mass is 9.85. The Morgan fingerprint density at radius 1 is 0.750 bits per heavy atom. The van der Waals surface area contributed by atoms with Gasteiger partial charge in [0.2, 0.25) is 5.75 Å². The Morgan fingerprint density at radius 3 is 2.10 bits per heavy atom. The van der Waals surface area contributed by atoms with Crippen LogP contribution in [0.1, 0.15) is 71.0 Å². The van der Waals surface area contributed by atoms with Crippen LogP contribution in [0.25, 0.3) is 0 Å². The molecule has 5 aromatic carbocycles. The molecule has 52 heavy (non-hydrogen) atoms. The number of hydrogen-bond donors (Lipinski definition) is 0. The van der Waals surface area contributed by atoms with Gasteiger partial charge >= 0.3 is 5.97 Å². The molecule has 270 valence electrons. The molecule has 0 spiro atoms. The highest BCUT2D eigenvalue weighted by atomic mass is 16.5. The van der Waals surface area contributed by atoms with Gasteiger partial charge in [-0.25, -0.2) is 4.79 Å². The molecule has 0 amide bonds. The monoisotopic (exact) mass is 701 g/mol. The molecule has 0 aliphatic carbocycles. The average Bonchev–Trinajstić information content (AvgIpc) is 3.17. The summed E-state index contributed by atoms with van der Waals surface area (Å²) in [5, 5.41) is 0. The minimum Gasteiger partial charge on any atom is -0.492 e. The van der Waals surface area contributed by atoms with Crippen molar-refractivity contribution in [3.8, 4) is 34.5 Å². The molecule has 0 N–H and O–H groups in total. The topological polar surface area (TPSA) is 75.7 Å². The average molecular weight is 702 g/mol. The smallest absolute Gasteiger partial charge is 0.337 e. The number of carbonyl (C=O) groups excluding carboxylic acids is 1. The van der Waals surface area contributed by atoms with Crippen LogP contribution in [0.4, 0.5) is 0 Å². The van der Waals surface area contributed by atoms with Crippen molar-refractivity contribution in [1.29, 1.82) is 0 Å². The second-order valence-corrected chi connectivity index (χ2v) is 13.1. The Kier molecular flexibility index (Phi) is 11.7. The lowest BCUT2D eigenvalue weighted by Crippen LogP contribution is -2.38. The van der Waals surface area contributed by atoms with Crippen molar-refractivity contribution in [2.45, 2.75) is 58.4 Å². The predicted molar refractivity (Wildman–Crippen MR) is 202 cm³/mol. The third kappa shape index (κ3) is 8.19. The van der Waals surface area contributed by atoms with Gasteiger partial charge in [-0.15, -0.1) is 0 Å². The van der Waals surface area contributed by atoms with E-state index in [1.807, 2.05) is 44.2 Å². The normalized spacial score (nSPS) is 14.6. The first-order valence-electron chi connectivity index (χ1n) is 17.7. The number of nitrogens with zero attached hydrogens (tertiary/aromatic N) is 1. The predicted octanol–water partition coefficient (Wildman–Crippen LogP) is 9.55. The highest BCUT2D eigenvalue weighted by Gasteiger charge is 2.36. The third-order valence-electron chi connectivity index (χ3n) is 9.43. The molecule has 1 aliphatic rings. The molecule has 1 aliphatic heterocycles. The molecule has 8 nitrogen and oxygen atoms in total. The standard InChI is InChI=1S/C44H47NO7/c1-29(2)51-38-22-19-35(44(46)49-6)27-39(38)52-36-20-17-31(18-21-36)25-37-41-34(23-24-45(37)30(3)33-15-11-8-12-16-33)26-40(42(47-4)43(41)48-5)50-28-32-13-9-7-10-14-32/h7-22,26-27,29-30,37H,23-25,28H2,1-6H3/t30-,37-/m0/s1. The summed E-state index contributed by atoms with van der Waals surface area (Å²) in [7, 11) is 4.73. The number of ether oxygens (including phenoxy) is 6. The van der Waals surface area contributed by atoms with Gasteiger partial charge in [0.25, 0.3) is 0 Å². The molecule has 0 fully saturated rings. The molecule has 0 bridgehead atoms. The Morgan fingerprint density at radius 2 is 1.44 bits per heavy atom. The molecule has 0 saturated heterocycles. The SMILES string of the molecule is COC(=O)c1ccc(OC(C)C)c(Oc2ccc(C[C@H]3c4c(cc(OCc5ccccc5)c(OC)c4OC)CCN3[C@@H](C)c3ccccc3)cc2)c1. The van der Waals surface area contributed by atoms with Gasteiger partial charge in [-0.05, 0) is 92.3 Å². The van der Waals surface area contributed by atoms with Crippen LogP contribution in [-0.4, -0.2) is 44.8 Å². The molecule has 1 heterocycles. The maximum atomic E-state index is 12.3. The summed E-state index contributed by atoms with van der Waals surface area (Å²) in [6, 6.07) is 36.1. The number of methoxy groups -OCH3 is 3. The third-order valence-corrected chi connectivity index (χ3v) is 9.43. The van der Waals surface area contributed by atoms with Crippen molar-refractivity contribution in [2.24, 2.45) is 0 Å². The zero-order valence-electron chi connectivity index (χ0n) is 30.8. The Hall–Kier alpha value is -5.47. The van der Waals surface area contributed by atoms with Crippen LogP contribution in [0.15, 0.2) is 109 Å². The summed E-state index contributed by atoms with van der Waals surface area (Å²) in [5.74, 6) is 3.12. The molecule has 0 aromatic heterocycles. The van der Waals surface area contributed by atoms with Gasteiger partial charge < -0.3 is 28.4 Å². The number of carbonyl (C=O) groups is 1. The summed E-state index contributed by atoms with van der Waals surface area (Å²) in [5.41, 5.74) is 6.13. The van der Waals surface area contributed by atoms with E-state index in [1.54, 1.807) is 32.4 Å². The van der Waals surface area contributed by atoms with Gasteiger partial charge in [0.05, 0.1) is 33.0 Å². The van der Waals surface area contributed by atoms with Crippen LogP contribution in [0.5, 0.6) is 34.5 Å². The molecule has 0 saturated carbocycles. The fourth-order valence-corrected chi connectivity index (χ4v) is 6.90. The summed E-state index contributed by atoms with van der Waals surface area (Å²) >= 11 is 0. The second kappa shape index (κ2) is 16.7. The van der Waals surface area contributed by atoms with Crippen molar-refractivity contribution >= 4 is 5.97 Å². The van der Waals surface area contributed by atoms with E-state index >= 15 is 0 Å². The molecule has 0 radical (unpaired) electrons. The van der Waals surface area contributed by atoms with E-state index in [1.165, 1.54) is 18.2 Å². The molecular weight excluding hydrogens is 654 g/mol. The lowest BCUT2D eigenvalue weighted by Gasteiger charge is -2.42. The van der Waals surface area contributed by atoms with Gasteiger partial charge in [-0.2, -0.15) is 0 Å². The highest BCUT2D eigenvalue weighted by molar-refractivity contribution is 5.90. The molecule has 8 heteroatoms. The van der Waals surface area contributed by atoms with Crippen molar-refractivity contribution in [3.05, 3.63) is 143 Å². The number of fused-ring (bicyclic) bond motifs is 1. The Balaban J connectivity index is 1.34. The Labute approximate surface area is 306 Å². The minimum absolute atomic E-state index is 0.0273. The maximum absolute atomic E-state index is 12.3. The van der Waals surface area contributed by atoms with E-state index in [0.717, 1.165) is 29.7 Å².